The minimum Gasteiger partial charge on any atom is -0.337 e. The predicted octanol–water partition coefficient (Wildman–Crippen LogP) is 4.65. The third kappa shape index (κ3) is 3.60. The van der Waals surface area contributed by atoms with Gasteiger partial charge in [0.25, 0.3) is 0 Å². The Hall–Kier alpha value is -2.41. The molecule has 1 unspecified atom stereocenters. The maximum atomic E-state index is 13.2. The molecule has 6 nitrogen and oxygen atoms in total. The van der Waals surface area contributed by atoms with Gasteiger partial charge in [0.05, 0.1) is 12.6 Å². The van der Waals surface area contributed by atoms with Gasteiger partial charge in [0.2, 0.25) is 0 Å². The number of nitrogens with zero attached hydrogens (tertiary/aromatic N) is 4. The van der Waals surface area contributed by atoms with Crippen molar-refractivity contribution in [3.63, 3.8) is 0 Å². The number of halogens is 2. The molecule has 0 spiro atoms. The number of aromatic amines is 1. The number of aromatic nitrogens is 2. The van der Waals surface area contributed by atoms with Crippen molar-refractivity contribution in [1.82, 2.24) is 14.9 Å². The summed E-state index contributed by atoms with van der Waals surface area (Å²) in [6.07, 6.45) is 6.33. The first-order valence-corrected chi connectivity index (χ1v) is 10.7. The van der Waals surface area contributed by atoms with Crippen molar-refractivity contribution >= 4 is 30.1 Å². The number of H-pyrrole nitrogens is 1. The van der Waals surface area contributed by atoms with Gasteiger partial charge >= 0.3 is 6.03 Å². The number of anilines is 1. The van der Waals surface area contributed by atoms with E-state index in [4.69, 9.17) is 9.98 Å². The average molecular weight is 432 g/mol. The van der Waals surface area contributed by atoms with Crippen molar-refractivity contribution in [3.05, 3.63) is 47.2 Å². The van der Waals surface area contributed by atoms with Gasteiger partial charge in [-0.2, -0.15) is 0 Å². The zero-order valence-electron chi connectivity index (χ0n) is 17.1. The highest BCUT2D eigenvalue weighted by atomic mass is 35.5. The second-order valence-electron chi connectivity index (χ2n) is 8.28. The lowest BCUT2D eigenvalue weighted by atomic mass is 10.1. The molecule has 30 heavy (non-hydrogen) atoms. The van der Waals surface area contributed by atoms with Crippen molar-refractivity contribution in [1.29, 1.82) is 0 Å². The molecule has 1 aliphatic carbocycles. The number of amidine groups is 1. The third-order valence-electron chi connectivity index (χ3n) is 6.17. The molecule has 2 aromatic rings. The summed E-state index contributed by atoms with van der Waals surface area (Å²) in [6, 6.07) is 6.45. The molecule has 0 bridgehead atoms. The van der Waals surface area contributed by atoms with E-state index in [1.165, 1.54) is 25.0 Å². The van der Waals surface area contributed by atoms with E-state index in [0.717, 1.165) is 42.2 Å². The Morgan fingerprint density at radius 2 is 1.93 bits per heavy atom. The first kappa shape index (κ1) is 20.8. The Labute approximate surface area is 182 Å². The number of urea groups is 1. The summed E-state index contributed by atoms with van der Waals surface area (Å²) in [5, 5.41) is 0. The van der Waals surface area contributed by atoms with Crippen LogP contribution >= 0.6 is 12.4 Å². The van der Waals surface area contributed by atoms with E-state index < -0.39 is 0 Å². The first-order valence-electron chi connectivity index (χ1n) is 10.7. The highest BCUT2D eigenvalue weighted by molar-refractivity contribution is 6.18. The lowest BCUT2D eigenvalue weighted by Crippen LogP contribution is -2.50. The molecule has 5 rings (SSSR count). The molecular formula is C22H27ClFN5O. The van der Waals surface area contributed by atoms with Gasteiger partial charge in [0, 0.05) is 12.5 Å². The number of carbonyl (C=O) groups excluding carboxylic acids is 1. The molecule has 2 aliphatic heterocycles. The van der Waals surface area contributed by atoms with Crippen LogP contribution in [0.15, 0.2) is 29.3 Å². The minimum absolute atomic E-state index is 0. The smallest absolute Gasteiger partial charge is 0.331 e. The van der Waals surface area contributed by atoms with Crippen LogP contribution in [0.25, 0.3) is 0 Å². The molecule has 160 valence electrons. The number of carbonyl (C=O) groups is 1. The van der Waals surface area contributed by atoms with Gasteiger partial charge in [-0.1, -0.05) is 31.9 Å². The quantitative estimate of drug-likeness (QED) is 0.748. The fraction of sp³-hybridized carbons (Fsp3) is 0.500. The Kier molecular flexibility index (Phi) is 5.82. The maximum Gasteiger partial charge on any atom is 0.331 e. The van der Waals surface area contributed by atoms with Crippen LogP contribution in [0.4, 0.5) is 15.0 Å². The van der Waals surface area contributed by atoms with E-state index in [2.05, 4.69) is 11.9 Å². The molecule has 2 amide bonds. The van der Waals surface area contributed by atoms with E-state index >= 15 is 0 Å². The third-order valence-corrected chi connectivity index (χ3v) is 6.17. The summed E-state index contributed by atoms with van der Waals surface area (Å²) >= 11 is 0. The highest BCUT2D eigenvalue weighted by Crippen LogP contribution is 2.37. The van der Waals surface area contributed by atoms with E-state index in [9.17, 15) is 9.18 Å². The van der Waals surface area contributed by atoms with Gasteiger partial charge in [-0.05, 0) is 43.4 Å². The number of fused-ring (bicyclic) bond motifs is 3. The number of nitrogens with one attached hydrogen (secondary N) is 1. The van der Waals surface area contributed by atoms with Gasteiger partial charge < -0.3 is 4.98 Å². The molecule has 0 radical (unpaired) electrons. The van der Waals surface area contributed by atoms with Crippen molar-refractivity contribution in [3.8, 4) is 0 Å². The number of benzene rings is 1. The van der Waals surface area contributed by atoms with Crippen molar-refractivity contribution < 1.29 is 9.18 Å². The molecule has 3 heterocycles. The summed E-state index contributed by atoms with van der Waals surface area (Å²) < 4.78 is 13.2. The van der Waals surface area contributed by atoms with Crippen LogP contribution in [0.3, 0.4) is 0 Å². The van der Waals surface area contributed by atoms with Crippen LogP contribution in [-0.4, -0.2) is 45.9 Å². The van der Waals surface area contributed by atoms with Crippen molar-refractivity contribution in [2.24, 2.45) is 4.99 Å². The van der Waals surface area contributed by atoms with Gasteiger partial charge in [0.15, 0.2) is 11.7 Å². The van der Waals surface area contributed by atoms with Gasteiger partial charge in [0.1, 0.15) is 17.3 Å². The predicted molar refractivity (Wildman–Crippen MR) is 117 cm³/mol. The number of rotatable bonds is 5. The number of amides is 2. The molecule has 1 N–H and O–H groups in total. The van der Waals surface area contributed by atoms with Crippen LogP contribution in [0, 0.1) is 5.82 Å². The van der Waals surface area contributed by atoms with Crippen LogP contribution in [0.2, 0.25) is 0 Å². The standard InChI is InChI=1S/C22H26FN5O.ClH/c1-2-11-27-21-18(25-19(26-21)15-5-3-4-6-15)20-24-17(13-28(20)22(27)29)12-14-7-9-16(23)10-8-14;/h7-10,15,17H,2-6,11-13H2,1H3,(H,25,26);1H. The van der Waals surface area contributed by atoms with Crippen LogP contribution in [0.1, 0.15) is 62.0 Å². The Morgan fingerprint density at radius 1 is 1.20 bits per heavy atom. The summed E-state index contributed by atoms with van der Waals surface area (Å²) in [6.45, 7) is 3.26. The van der Waals surface area contributed by atoms with Crippen molar-refractivity contribution in [2.75, 3.05) is 18.0 Å². The Morgan fingerprint density at radius 3 is 2.63 bits per heavy atom. The Bertz CT molecular complexity index is 951. The second-order valence-corrected chi connectivity index (χ2v) is 8.28. The summed E-state index contributed by atoms with van der Waals surface area (Å²) in [7, 11) is 0. The number of aliphatic imine (C=N–C) groups is 1. The van der Waals surface area contributed by atoms with Gasteiger partial charge in [-0.25, -0.2) is 14.2 Å². The highest BCUT2D eigenvalue weighted by Gasteiger charge is 2.42. The number of hydrogen-bond donors (Lipinski definition) is 1. The normalized spacial score (nSPS) is 20.8. The summed E-state index contributed by atoms with van der Waals surface area (Å²) in [5.74, 6) is 2.64. The topological polar surface area (TPSA) is 64.6 Å². The monoisotopic (exact) mass is 431 g/mol. The molecule has 0 saturated heterocycles. The molecular weight excluding hydrogens is 405 g/mol. The van der Waals surface area contributed by atoms with E-state index in [1.807, 2.05) is 0 Å². The lowest BCUT2D eigenvalue weighted by Gasteiger charge is -2.32. The van der Waals surface area contributed by atoms with Crippen LogP contribution in [0.5, 0.6) is 0 Å². The van der Waals surface area contributed by atoms with Gasteiger partial charge in [-0.3, -0.25) is 14.8 Å². The van der Waals surface area contributed by atoms with Crippen molar-refractivity contribution in [2.45, 2.75) is 57.4 Å². The molecule has 1 fully saturated rings. The summed E-state index contributed by atoms with van der Waals surface area (Å²) in [4.78, 5) is 30.0. The largest absolute Gasteiger partial charge is 0.337 e. The van der Waals surface area contributed by atoms with E-state index in [1.54, 1.807) is 21.9 Å². The van der Waals surface area contributed by atoms with E-state index in [-0.39, 0.29) is 30.3 Å². The second kappa shape index (κ2) is 8.38. The molecule has 1 aromatic heterocycles. The lowest BCUT2D eigenvalue weighted by molar-refractivity contribution is 0.226. The SMILES string of the molecule is CCCN1C(=O)N2CC(Cc3ccc(F)cc3)N=C2c2[nH]c(C3CCCC3)nc21.Cl. The molecule has 1 atom stereocenters. The minimum atomic E-state index is -0.240. The number of imidazole rings is 1. The van der Waals surface area contributed by atoms with Crippen LogP contribution < -0.4 is 4.90 Å². The average Bonchev–Trinajstić information content (AvgIpc) is 3.45. The molecule has 1 saturated carbocycles. The summed E-state index contributed by atoms with van der Waals surface area (Å²) in [5.41, 5.74) is 1.90. The molecule has 3 aliphatic rings. The van der Waals surface area contributed by atoms with Crippen LogP contribution in [-0.2, 0) is 6.42 Å². The first-order chi connectivity index (χ1) is 14.1. The Balaban J connectivity index is 0.00000218. The maximum absolute atomic E-state index is 13.2. The zero-order chi connectivity index (χ0) is 20.0. The molecule has 8 heteroatoms. The molecule has 1 aromatic carbocycles. The zero-order valence-corrected chi connectivity index (χ0v) is 17.9. The van der Waals surface area contributed by atoms with E-state index in [0.29, 0.717) is 31.3 Å². The number of hydrogen-bond acceptors (Lipinski definition) is 3. The van der Waals surface area contributed by atoms with Gasteiger partial charge in [-0.15, -0.1) is 12.4 Å². The fourth-order valence-electron chi connectivity index (χ4n) is 4.74. The fourth-order valence-corrected chi connectivity index (χ4v) is 4.74.